The lowest BCUT2D eigenvalue weighted by atomic mass is 10.2. The quantitative estimate of drug-likeness (QED) is 0.912. The zero-order valence-electron chi connectivity index (χ0n) is 12.2. The Balaban J connectivity index is 1.81. The SMILES string of the molecule is COc1cc(OC)c(NC(=O)c2cc(C3CC3)on2)cc1Cl. The van der Waals surface area contributed by atoms with Crippen LogP contribution < -0.4 is 14.8 Å². The van der Waals surface area contributed by atoms with Crippen molar-refractivity contribution >= 4 is 23.2 Å². The van der Waals surface area contributed by atoms with Crippen molar-refractivity contribution < 1.29 is 18.8 Å². The number of nitrogens with zero attached hydrogens (tertiary/aromatic N) is 1. The van der Waals surface area contributed by atoms with Gasteiger partial charge in [0.25, 0.3) is 5.91 Å². The monoisotopic (exact) mass is 322 g/mol. The smallest absolute Gasteiger partial charge is 0.277 e. The first kappa shape index (κ1) is 14.7. The molecular formula is C15H15ClN2O4. The normalized spacial score (nSPS) is 13.8. The number of amides is 1. The molecule has 1 aliphatic rings. The lowest BCUT2D eigenvalue weighted by Gasteiger charge is -2.12. The number of carbonyl (C=O) groups excluding carboxylic acids is 1. The minimum Gasteiger partial charge on any atom is -0.495 e. The van der Waals surface area contributed by atoms with Crippen LogP contribution in [0, 0.1) is 0 Å². The van der Waals surface area contributed by atoms with Gasteiger partial charge in [-0.1, -0.05) is 16.8 Å². The van der Waals surface area contributed by atoms with Crippen molar-refractivity contribution in [2.45, 2.75) is 18.8 Å². The number of aromatic nitrogens is 1. The lowest BCUT2D eigenvalue weighted by molar-refractivity contribution is 0.101. The highest BCUT2D eigenvalue weighted by atomic mass is 35.5. The third-order valence-corrected chi connectivity index (χ3v) is 3.76. The van der Waals surface area contributed by atoms with Crippen LogP contribution in [0.5, 0.6) is 11.5 Å². The summed E-state index contributed by atoms with van der Waals surface area (Å²) in [6.07, 6.45) is 2.16. The molecule has 22 heavy (non-hydrogen) atoms. The number of halogens is 1. The highest BCUT2D eigenvalue weighted by Gasteiger charge is 2.29. The molecule has 0 spiro atoms. The second kappa shape index (κ2) is 5.88. The zero-order chi connectivity index (χ0) is 15.7. The van der Waals surface area contributed by atoms with Crippen molar-refractivity contribution in [3.05, 3.63) is 34.7 Å². The summed E-state index contributed by atoms with van der Waals surface area (Å²) >= 11 is 6.08. The maximum absolute atomic E-state index is 12.2. The van der Waals surface area contributed by atoms with E-state index in [1.807, 2.05) is 0 Å². The van der Waals surface area contributed by atoms with Gasteiger partial charge in [-0.15, -0.1) is 0 Å². The van der Waals surface area contributed by atoms with E-state index in [0.717, 1.165) is 18.6 Å². The first-order chi connectivity index (χ1) is 10.6. The number of anilines is 1. The van der Waals surface area contributed by atoms with Gasteiger partial charge in [-0.3, -0.25) is 4.79 Å². The summed E-state index contributed by atoms with van der Waals surface area (Å²) in [5.74, 6) is 1.69. The van der Waals surface area contributed by atoms with Crippen molar-refractivity contribution in [1.29, 1.82) is 0 Å². The summed E-state index contributed by atoms with van der Waals surface area (Å²) in [6.45, 7) is 0. The predicted octanol–water partition coefficient (Wildman–Crippen LogP) is 3.47. The van der Waals surface area contributed by atoms with Gasteiger partial charge in [0.05, 0.1) is 24.9 Å². The maximum Gasteiger partial charge on any atom is 0.277 e. The Kier molecular flexibility index (Phi) is 3.94. The third kappa shape index (κ3) is 2.87. The van der Waals surface area contributed by atoms with Crippen molar-refractivity contribution in [3.8, 4) is 11.5 Å². The van der Waals surface area contributed by atoms with Crippen LogP contribution in [0.2, 0.25) is 5.02 Å². The van der Waals surface area contributed by atoms with E-state index in [-0.39, 0.29) is 11.6 Å². The number of nitrogens with one attached hydrogen (secondary N) is 1. The summed E-state index contributed by atoms with van der Waals surface area (Å²) < 4.78 is 15.5. The lowest BCUT2D eigenvalue weighted by Crippen LogP contribution is -2.13. The van der Waals surface area contributed by atoms with Gasteiger partial charge in [-0.05, 0) is 18.9 Å². The fourth-order valence-corrected chi connectivity index (χ4v) is 2.34. The maximum atomic E-state index is 12.2. The first-order valence-corrected chi connectivity index (χ1v) is 7.19. The molecule has 0 unspecified atom stereocenters. The van der Waals surface area contributed by atoms with Gasteiger partial charge >= 0.3 is 0 Å². The van der Waals surface area contributed by atoms with Crippen LogP contribution in [-0.4, -0.2) is 25.3 Å². The molecule has 1 saturated carbocycles. The van der Waals surface area contributed by atoms with Gasteiger partial charge in [0.2, 0.25) is 0 Å². The molecule has 0 bridgehead atoms. The number of ether oxygens (including phenoxy) is 2. The fourth-order valence-electron chi connectivity index (χ4n) is 2.10. The van der Waals surface area contributed by atoms with E-state index in [1.54, 1.807) is 18.2 Å². The van der Waals surface area contributed by atoms with E-state index in [2.05, 4.69) is 10.5 Å². The summed E-state index contributed by atoms with van der Waals surface area (Å²) in [5.41, 5.74) is 0.671. The molecule has 116 valence electrons. The van der Waals surface area contributed by atoms with Crippen LogP contribution in [-0.2, 0) is 0 Å². The fraction of sp³-hybridized carbons (Fsp3) is 0.333. The minimum absolute atomic E-state index is 0.232. The highest BCUT2D eigenvalue weighted by molar-refractivity contribution is 6.32. The van der Waals surface area contributed by atoms with Crippen LogP contribution in [0.25, 0.3) is 0 Å². The first-order valence-electron chi connectivity index (χ1n) is 6.82. The molecule has 1 N–H and O–H groups in total. The molecule has 1 aromatic carbocycles. The highest BCUT2D eigenvalue weighted by Crippen LogP contribution is 2.40. The van der Waals surface area contributed by atoms with E-state index in [9.17, 15) is 4.79 Å². The molecule has 0 radical (unpaired) electrons. The molecule has 1 fully saturated rings. The minimum atomic E-state index is -0.379. The average molecular weight is 323 g/mol. The molecule has 1 aliphatic carbocycles. The number of methoxy groups -OCH3 is 2. The number of carbonyl (C=O) groups is 1. The molecule has 0 saturated heterocycles. The molecule has 7 heteroatoms. The molecule has 1 aromatic heterocycles. The number of benzene rings is 1. The molecular weight excluding hydrogens is 308 g/mol. The number of rotatable bonds is 5. The van der Waals surface area contributed by atoms with Crippen LogP contribution >= 0.6 is 11.6 Å². The largest absolute Gasteiger partial charge is 0.495 e. The Labute approximate surface area is 132 Å². The Hall–Kier alpha value is -2.21. The van der Waals surface area contributed by atoms with Crippen molar-refractivity contribution in [3.63, 3.8) is 0 Å². The number of hydrogen-bond acceptors (Lipinski definition) is 5. The molecule has 2 aromatic rings. The van der Waals surface area contributed by atoms with Gasteiger partial charge in [-0.2, -0.15) is 0 Å². The van der Waals surface area contributed by atoms with Gasteiger partial charge in [0, 0.05) is 18.1 Å². The topological polar surface area (TPSA) is 73.6 Å². The van der Waals surface area contributed by atoms with Crippen molar-refractivity contribution in [2.24, 2.45) is 0 Å². The van der Waals surface area contributed by atoms with Crippen LogP contribution in [0.3, 0.4) is 0 Å². The Morgan fingerprint density at radius 2 is 2.00 bits per heavy atom. The standard InChI is InChI=1S/C15H15ClN2O4/c1-20-13-7-14(21-2)10(5-9(13)16)17-15(19)11-6-12(22-18-11)8-3-4-8/h5-8H,3-4H2,1-2H3,(H,17,19). The average Bonchev–Trinajstić information content (AvgIpc) is 3.24. The van der Waals surface area contributed by atoms with E-state index >= 15 is 0 Å². The van der Waals surface area contributed by atoms with Gasteiger partial charge in [0.15, 0.2) is 5.69 Å². The van der Waals surface area contributed by atoms with Crippen LogP contribution in [0.1, 0.15) is 35.0 Å². The summed E-state index contributed by atoms with van der Waals surface area (Å²) in [5, 5.41) is 6.89. The summed E-state index contributed by atoms with van der Waals surface area (Å²) in [7, 11) is 3.01. The number of hydrogen-bond donors (Lipinski definition) is 1. The van der Waals surface area contributed by atoms with Crippen LogP contribution in [0.4, 0.5) is 5.69 Å². The van der Waals surface area contributed by atoms with Crippen molar-refractivity contribution in [2.75, 3.05) is 19.5 Å². The van der Waals surface area contributed by atoms with Gasteiger partial charge in [0.1, 0.15) is 17.3 Å². The predicted molar refractivity (Wildman–Crippen MR) is 81.0 cm³/mol. The third-order valence-electron chi connectivity index (χ3n) is 3.46. The Morgan fingerprint density at radius 3 is 2.64 bits per heavy atom. The molecule has 0 atom stereocenters. The molecule has 6 nitrogen and oxygen atoms in total. The van der Waals surface area contributed by atoms with E-state index in [1.165, 1.54) is 14.2 Å². The summed E-state index contributed by atoms with van der Waals surface area (Å²) in [6, 6.07) is 4.85. The zero-order valence-corrected chi connectivity index (χ0v) is 12.9. The second-order valence-corrected chi connectivity index (χ2v) is 5.44. The molecule has 1 amide bonds. The van der Waals surface area contributed by atoms with E-state index in [4.69, 9.17) is 25.6 Å². The Bertz CT molecular complexity index is 710. The molecule has 3 rings (SSSR count). The van der Waals surface area contributed by atoms with Gasteiger partial charge < -0.3 is 19.3 Å². The molecule has 1 heterocycles. The van der Waals surface area contributed by atoms with Crippen LogP contribution in [0.15, 0.2) is 22.7 Å². The van der Waals surface area contributed by atoms with E-state index < -0.39 is 0 Å². The Morgan fingerprint density at radius 1 is 1.27 bits per heavy atom. The summed E-state index contributed by atoms with van der Waals surface area (Å²) in [4.78, 5) is 12.2. The van der Waals surface area contributed by atoms with Gasteiger partial charge in [-0.25, -0.2) is 0 Å². The van der Waals surface area contributed by atoms with Crippen molar-refractivity contribution in [1.82, 2.24) is 5.16 Å². The second-order valence-electron chi connectivity index (χ2n) is 5.03. The van der Waals surface area contributed by atoms with E-state index in [0.29, 0.717) is 28.1 Å². The molecule has 0 aliphatic heterocycles.